The Morgan fingerprint density at radius 3 is 2.47 bits per heavy atom. The first kappa shape index (κ1) is 22.6. The molecular formula is C21H26N2O5S2. The third kappa shape index (κ3) is 4.48. The highest BCUT2D eigenvalue weighted by Crippen LogP contribution is 2.30. The molecule has 1 aliphatic rings. The van der Waals surface area contributed by atoms with E-state index in [1.807, 2.05) is 24.3 Å². The SMILES string of the molecule is COC(=O)[C@@H](NC(=O)[C@@H]1C[C@H](S)CN1S(=O)(=O)c1ccc2ccccc2c1)C(C)C. The zero-order chi connectivity index (χ0) is 22.1. The highest BCUT2D eigenvalue weighted by Gasteiger charge is 2.44. The van der Waals surface area contributed by atoms with Crippen molar-refractivity contribution in [2.24, 2.45) is 5.92 Å². The van der Waals surface area contributed by atoms with Crippen molar-refractivity contribution < 1.29 is 22.7 Å². The standard InChI is InChI=1S/C21H26N2O5S2/c1-13(2)19(21(25)28-3)22-20(24)18-11-16(29)12-23(18)30(26,27)17-9-8-14-6-4-5-7-15(14)10-17/h4-10,13,16,18-19,29H,11-12H2,1-3H3,(H,22,24)/t16-,18-,19-/m0/s1. The summed E-state index contributed by atoms with van der Waals surface area (Å²) in [4.78, 5) is 25.1. The molecule has 7 nitrogen and oxygen atoms in total. The summed E-state index contributed by atoms with van der Waals surface area (Å²) >= 11 is 4.42. The van der Waals surface area contributed by atoms with Gasteiger partial charge in [-0.15, -0.1) is 0 Å². The lowest BCUT2D eigenvalue weighted by Gasteiger charge is -2.26. The minimum Gasteiger partial charge on any atom is -0.467 e. The number of esters is 1. The maximum Gasteiger partial charge on any atom is 0.328 e. The van der Waals surface area contributed by atoms with Gasteiger partial charge in [0, 0.05) is 11.8 Å². The van der Waals surface area contributed by atoms with Crippen LogP contribution in [0.1, 0.15) is 20.3 Å². The monoisotopic (exact) mass is 450 g/mol. The van der Waals surface area contributed by atoms with E-state index in [2.05, 4.69) is 17.9 Å². The number of thiol groups is 1. The second-order valence-corrected chi connectivity index (χ2v) is 10.4. The summed E-state index contributed by atoms with van der Waals surface area (Å²) < 4.78 is 32.7. The Balaban J connectivity index is 1.90. The van der Waals surface area contributed by atoms with Crippen LogP contribution in [0.5, 0.6) is 0 Å². The van der Waals surface area contributed by atoms with Crippen molar-refractivity contribution in [1.82, 2.24) is 9.62 Å². The normalized spacial score (nSPS) is 21.0. The van der Waals surface area contributed by atoms with E-state index in [1.165, 1.54) is 11.4 Å². The number of nitrogens with zero attached hydrogens (tertiary/aromatic N) is 1. The van der Waals surface area contributed by atoms with Crippen LogP contribution in [0.4, 0.5) is 0 Å². The summed E-state index contributed by atoms with van der Waals surface area (Å²) in [6.07, 6.45) is 0.258. The lowest BCUT2D eigenvalue weighted by molar-refractivity contribution is -0.146. The summed E-state index contributed by atoms with van der Waals surface area (Å²) in [5, 5.41) is 4.10. The van der Waals surface area contributed by atoms with Crippen molar-refractivity contribution in [3.8, 4) is 0 Å². The molecule has 1 fully saturated rings. The zero-order valence-electron chi connectivity index (χ0n) is 17.1. The number of nitrogens with one attached hydrogen (secondary N) is 1. The van der Waals surface area contributed by atoms with Crippen molar-refractivity contribution in [1.29, 1.82) is 0 Å². The van der Waals surface area contributed by atoms with Gasteiger partial charge < -0.3 is 10.1 Å². The Bertz CT molecular complexity index is 1050. The molecule has 0 bridgehead atoms. The van der Waals surface area contributed by atoms with Crippen LogP contribution >= 0.6 is 12.6 Å². The van der Waals surface area contributed by atoms with Crippen LogP contribution in [-0.4, -0.2) is 55.6 Å². The third-order valence-corrected chi connectivity index (χ3v) is 7.53. The van der Waals surface area contributed by atoms with Crippen molar-refractivity contribution in [3.05, 3.63) is 42.5 Å². The maximum absolute atomic E-state index is 13.4. The number of carbonyl (C=O) groups is 2. The Labute approximate surface area is 182 Å². The Morgan fingerprint density at radius 1 is 1.17 bits per heavy atom. The lowest BCUT2D eigenvalue weighted by atomic mass is 10.0. The Kier molecular flexibility index (Phi) is 6.74. The second-order valence-electron chi connectivity index (χ2n) is 7.74. The van der Waals surface area contributed by atoms with Gasteiger partial charge in [-0.2, -0.15) is 16.9 Å². The molecule has 9 heteroatoms. The second kappa shape index (κ2) is 8.95. The summed E-state index contributed by atoms with van der Waals surface area (Å²) in [6, 6.07) is 10.6. The van der Waals surface area contributed by atoms with Crippen LogP contribution in [0.25, 0.3) is 10.8 Å². The fourth-order valence-electron chi connectivity index (χ4n) is 3.63. The molecule has 1 saturated heterocycles. The summed E-state index contributed by atoms with van der Waals surface area (Å²) in [5.74, 6) is -1.30. The molecular weight excluding hydrogens is 424 g/mol. The molecule has 3 atom stereocenters. The molecule has 2 aromatic carbocycles. The largest absolute Gasteiger partial charge is 0.467 e. The molecule has 0 aliphatic carbocycles. The number of amides is 1. The number of ether oxygens (including phenoxy) is 1. The van der Waals surface area contributed by atoms with Gasteiger partial charge in [-0.25, -0.2) is 13.2 Å². The van der Waals surface area contributed by atoms with Crippen LogP contribution in [0.3, 0.4) is 0 Å². The van der Waals surface area contributed by atoms with E-state index >= 15 is 0 Å². The number of fused-ring (bicyclic) bond motifs is 1. The number of rotatable bonds is 6. The molecule has 0 saturated carbocycles. The van der Waals surface area contributed by atoms with Crippen LogP contribution in [0.15, 0.2) is 47.4 Å². The first-order chi connectivity index (χ1) is 14.1. The summed E-state index contributed by atoms with van der Waals surface area (Å²) in [5.41, 5.74) is 0. The molecule has 2 aromatic rings. The van der Waals surface area contributed by atoms with Gasteiger partial charge in [0.05, 0.1) is 12.0 Å². The van der Waals surface area contributed by atoms with E-state index in [-0.39, 0.29) is 29.0 Å². The van der Waals surface area contributed by atoms with Crippen LogP contribution < -0.4 is 5.32 Å². The first-order valence-electron chi connectivity index (χ1n) is 9.72. The van der Waals surface area contributed by atoms with E-state index in [4.69, 9.17) is 4.74 Å². The minimum absolute atomic E-state index is 0.112. The topological polar surface area (TPSA) is 92.8 Å². The summed E-state index contributed by atoms with van der Waals surface area (Å²) in [7, 11) is -2.68. The molecule has 3 rings (SSSR count). The van der Waals surface area contributed by atoms with Crippen LogP contribution in [-0.2, 0) is 24.3 Å². The van der Waals surface area contributed by atoms with Gasteiger partial charge >= 0.3 is 5.97 Å². The minimum atomic E-state index is -3.93. The molecule has 1 aliphatic heterocycles. The fraction of sp³-hybridized carbons (Fsp3) is 0.429. The van der Waals surface area contributed by atoms with Gasteiger partial charge in [0.25, 0.3) is 0 Å². The number of carbonyl (C=O) groups excluding carboxylic acids is 2. The molecule has 1 N–H and O–H groups in total. The van der Waals surface area contributed by atoms with Crippen molar-refractivity contribution in [2.45, 2.75) is 42.5 Å². The molecule has 0 spiro atoms. The van der Waals surface area contributed by atoms with Crippen LogP contribution in [0, 0.1) is 5.92 Å². The fourth-order valence-corrected chi connectivity index (χ4v) is 5.79. The van der Waals surface area contributed by atoms with Gasteiger partial charge in [-0.05, 0) is 35.2 Å². The maximum atomic E-state index is 13.4. The quantitative estimate of drug-likeness (QED) is 0.520. The van der Waals surface area contributed by atoms with Gasteiger partial charge in [0.15, 0.2) is 0 Å². The summed E-state index contributed by atoms with van der Waals surface area (Å²) in [6.45, 7) is 3.67. The highest BCUT2D eigenvalue weighted by atomic mass is 32.2. The van der Waals surface area contributed by atoms with Gasteiger partial charge in [0.1, 0.15) is 12.1 Å². The molecule has 1 heterocycles. The van der Waals surface area contributed by atoms with Gasteiger partial charge in [0.2, 0.25) is 15.9 Å². The number of hydrogen-bond acceptors (Lipinski definition) is 6. The van der Waals surface area contributed by atoms with Crippen molar-refractivity contribution >= 4 is 45.3 Å². The zero-order valence-corrected chi connectivity index (χ0v) is 18.8. The number of benzene rings is 2. The Hall–Kier alpha value is -2.10. The third-order valence-electron chi connectivity index (χ3n) is 5.28. The number of hydrogen-bond donors (Lipinski definition) is 2. The molecule has 0 aromatic heterocycles. The van der Waals surface area contributed by atoms with Crippen molar-refractivity contribution in [2.75, 3.05) is 13.7 Å². The lowest BCUT2D eigenvalue weighted by Crippen LogP contribution is -2.52. The highest BCUT2D eigenvalue weighted by molar-refractivity contribution is 7.89. The smallest absolute Gasteiger partial charge is 0.328 e. The average molecular weight is 451 g/mol. The van der Waals surface area contributed by atoms with Crippen LogP contribution in [0.2, 0.25) is 0 Å². The van der Waals surface area contributed by atoms with E-state index in [0.717, 1.165) is 10.8 Å². The number of methoxy groups -OCH3 is 1. The predicted octanol–water partition coefficient (Wildman–Crippen LogP) is 2.22. The Morgan fingerprint density at radius 2 is 1.83 bits per heavy atom. The number of sulfonamides is 1. The van der Waals surface area contributed by atoms with E-state index < -0.39 is 34.0 Å². The van der Waals surface area contributed by atoms with Gasteiger partial charge in [-0.3, -0.25) is 4.79 Å². The van der Waals surface area contributed by atoms with E-state index in [0.29, 0.717) is 0 Å². The predicted molar refractivity (Wildman–Crippen MR) is 118 cm³/mol. The molecule has 0 unspecified atom stereocenters. The molecule has 30 heavy (non-hydrogen) atoms. The molecule has 1 amide bonds. The average Bonchev–Trinajstić information content (AvgIpc) is 3.13. The molecule has 0 radical (unpaired) electrons. The van der Waals surface area contributed by atoms with E-state index in [1.54, 1.807) is 32.0 Å². The molecule has 162 valence electrons. The van der Waals surface area contributed by atoms with Crippen molar-refractivity contribution in [3.63, 3.8) is 0 Å². The van der Waals surface area contributed by atoms with Gasteiger partial charge in [-0.1, -0.05) is 44.2 Å². The van der Waals surface area contributed by atoms with E-state index in [9.17, 15) is 18.0 Å². The first-order valence-corrected chi connectivity index (χ1v) is 11.7.